The molecule has 1 atom stereocenters. The molecule has 0 radical (unpaired) electrons. The molecule has 1 aliphatic rings. The Labute approximate surface area is 113 Å². The van der Waals surface area contributed by atoms with E-state index in [-0.39, 0.29) is 12.2 Å². The van der Waals surface area contributed by atoms with Gasteiger partial charge in [0.15, 0.2) is 6.29 Å². The van der Waals surface area contributed by atoms with Gasteiger partial charge >= 0.3 is 0 Å². The molecule has 4 heteroatoms. The first kappa shape index (κ1) is 13.5. The Morgan fingerprint density at radius 2 is 2.21 bits per heavy atom. The number of carbonyl (C=O) groups excluding carboxylic acids is 1. The van der Waals surface area contributed by atoms with Crippen LogP contribution in [0.4, 0.5) is 0 Å². The molecule has 1 aromatic carbocycles. The van der Waals surface area contributed by atoms with Crippen LogP contribution in [-0.2, 0) is 0 Å². The van der Waals surface area contributed by atoms with E-state index in [1.807, 2.05) is 51.1 Å². The van der Waals surface area contributed by atoms with Crippen molar-refractivity contribution in [1.29, 1.82) is 0 Å². The summed E-state index contributed by atoms with van der Waals surface area (Å²) < 4.78 is 0. The van der Waals surface area contributed by atoms with Crippen LogP contribution in [0.25, 0.3) is 0 Å². The molecule has 0 bridgehead atoms. The van der Waals surface area contributed by atoms with E-state index in [2.05, 4.69) is 10.3 Å². The third-order valence-electron chi connectivity index (χ3n) is 2.95. The predicted molar refractivity (Wildman–Crippen MR) is 77.1 cm³/mol. The van der Waals surface area contributed by atoms with Crippen LogP contribution < -0.4 is 5.32 Å². The molecule has 0 fully saturated rings. The molecule has 0 saturated carbocycles. The lowest BCUT2D eigenvalue weighted by Crippen LogP contribution is -2.46. The molecule has 1 N–H and O–H groups in total. The molecule has 4 nitrogen and oxygen atoms in total. The van der Waals surface area contributed by atoms with E-state index in [1.165, 1.54) is 0 Å². The second-order valence-electron chi connectivity index (χ2n) is 4.60. The highest BCUT2D eigenvalue weighted by Gasteiger charge is 2.23. The normalized spacial score (nSPS) is 18.4. The van der Waals surface area contributed by atoms with E-state index >= 15 is 0 Å². The molecular formula is C15H19N3O. The number of aryl methyl sites for hydroxylation is 1. The summed E-state index contributed by atoms with van der Waals surface area (Å²) in [6.45, 7) is 6.66. The quantitative estimate of drug-likeness (QED) is 0.903. The van der Waals surface area contributed by atoms with Gasteiger partial charge in [0.2, 0.25) is 0 Å². The summed E-state index contributed by atoms with van der Waals surface area (Å²) in [5.41, 5.74) is 2.67. The molecule has 1 aliphatic heterocycles. The fraction of sp³-hybridized carbons (Fsp3) is 0.333. The molecule has 0 aromatic heterocycles. The van der Waals surface area contributed by atoms with E-state index in [0.29, 0.717) is 5.56 Å². The van der Waals surface area contributed by atoms with E-state index in [1.54, 1.807) is 11.1 Å². The molecule has 0 saturated heterocycles. The van der Waals surface area contributed by atoms with Crippen LogP contribution in [0.3, 0.4) is 0 Å². The summed E-state index contributed by atoms with van der Waals surface area (Å²) in [5, 5.41) is 3.20. The second kappa shape index (κ2) is 5.80. The molecule has 1 unspecified atom stereocenters. The molecule has 100 valence electrons. The van der Waals surface area contributed by atoms with Crippen LogP contribution in [0, 0.1) is 6.92 Å². The summed E-state index contributed by atoms with van der Waals surface area (Å²) in [6, 6.07) is 7.60. The molecule has 0 aliphatic carbocycles. The smallest absolute Gasteiger partial charge is 0.260 e. The Morgan fingerprint density at radius 3 is 2.89 bits per heavy atom. The lowest BCUT2D eigenvalue weighted by molar-refractivity contribution is 0.0748. The van der Waals surface area contributed by atoms with Crippen LogP contribution in [0.1, 0.15) is 29.8 Å². The van der Waals surface area contributed by atoms with Crippen molar-refractivity contribution in [2.45, 2.75) is 27.1 Å². The number of benzene rings is 1. The highest BCUT2D eigenvalue weighted by Crippen LogP contribution is 2.14. The highest BCUT2D eigenvalue weighted by molar-refractivity contribution is 5.98. The Morgan fingerprint density at radius 1 is 1.42 bits per heavy atom. The van der Waals surface area contributed by atoms with Crippen molar-refractivity contribution >= 4 is 11.6 Å². The number of aliphatic imine (C=N–C) groups is 1. The zero-order chi connectivity index (χ0) is 13.8. The van der Waals surface area contributed by atoms with E-state index in [9.17, 15) is 4.79 Å². The maximum atomic E-state index is 12.5. The van der Waals surface area contributed by atoms with Crippen LogP contribution >= 0.6 is 0 Å². The summed E-state index contributed by atoms with van der Waals surface area (Å²) >= 11 is 0. The maximum absolute atomic E-state index is 12.5. The van der Waals surface area contributed by atoms with Gasteiger partial charge in [0, 0.05) is 17.5 Å². The fourth-order valence-corrected chi connectivity index (χ4v) is 2.00. The first-order valence-corrected chi connectivity index (χ1v) is 6.47. The van der Waals surface area contributed by atoms with Crippen molar-refractivity contribution < 1.29 is 4.79 Å². The van der Waals surface area contributed by atoms with Crippen LogP contribution in [0.15, 0.2) is 41.5 Å². The number of rotatable bonds is 3. The molecule has 0 spiro atoms. The van der Waals surface area contributed by atoms with Crippen LogP contribution in [-0.4, -0.2) is 29.4 Å². The fourth-order valence-electron chi connectivity index (χ4n) is 2.00. The molecule has 1 aromatic rings. The summed E-state index contributed by atoms with van der Waals surface area (Å²) in [6.07, 6.45) is 3.32. The Hall–Kier alpha value is -1.94. The standard InChI is InChI=1S/C15H19N3O/c1-4-16-15-17-12(3)8-9-18(15)14(19)13-7-5-6-11(2)10-13/h5-10,15-16H,4H2,1-3H3. The first-order chi connectivity index (χ1) is 9.11. The van der Waals surface area contributed by atoms with E-state index < -0.39 is 0 Å². The molecule has 2 rings (SSSR count). The predicted octanol–water partition coefficient (Wildman–Crippen LogP) is 2.32. The van der Waals surface area contributed by atoms with Crippen molar-refractivity contribution in [3.63, 3.8) is 0 Å². The van der Waals surface area contributed by atoms with Crippen molar-refractivity contribution in [1.82, 2.24) is 10.2 Å². The summed E-state index contributed by atoms with van der Waals surface area (Å²) in [7, 11) is 0. The maximum Gasteiger partial charge on any atom is 0.260 e. The number of allylic oxidation sites excluding steroid dienone is 1. The van der Waals surface area contributed by atoms with Gasteiger partial charge in [-0.25, -0.2) is 4.99 Å². The third kappa shape index (κ3) is 3.09. The Bertz CT molecular complexity index is 534. The summed E-state index contributed by atoms with van der Waals surface area (Å²) in [4.78, 5) is 18.6. The number of hydrogen-bond donors (Lipinski definition) is 1. The van der Waals surface area contributed by atoms with Gasteiger partial charge in [0.25, 0.3) is 5.91 Å². The van der Waals surface area contributed by atoms with Gasteiger partial charge in [0.05, 0.1) is 0 Å². The average molecular weight is 257 g/mol. The van der Waals surface area contributed by atoms with Crippen molar-refractivity contribution in [3.8, 4) is 0 Å². The minimum absolute atomic E-state index is 0.0397. The van der Waals surface area contributed by atoms with Gasteiger partial charge in [-0.15, -0.1) is 0 Å². The van der Waals surface area contributed by atoms with Crippen molar-refractivity contribution in [3.05, 3.63) is 47.7 Å². The van der Waals surface area contributed by atoms with Crippen molar-refractivity contribution in [2.75, 3.05) is 6.54 Å². The molecule has 1 heterocycles. The molecule has 1 amide bonds. The van der Waals surface area contributed by atoms with Crippen LogP contribution in [0.5, 0.6) is 0 Å². The number of carbonyl (C=O) groups is 1. The van der Waals surface area contributed by atoms with Gasteiger partial charge < -0.3 is 0 Å². The van der Waals surface area contributed by atoms with E-state index in [0.717, 1.165) is 17.8 Å². The Kier molecular flexibility index (Phi) is 4.12. The number of nitrogens with one attached hydrogen (secondary N) is 1. The number of amides is 1. The van der Waals surface area contributed by atoms with E-state index in [4.69, 9.17) is 0 Å². The largest absolute Gasteiger partial charge is 0.279 e. The average Bonchev–Trinajstić information content (AvgIpc) is 2.39. The molecular weight excluding hydrogens is 238 g/mol. The van der Waals surface area contributed by atoms with Crippen LogP contribution in [0.2, 0.25) is 0 Å². The zero-order valence-corrected chi connectivity index (χ0v) is 11.6. The third-order valence-corrected chi connectivity index (χ3v) is 2.95. The minimum atomic E-state index is -0.317. The lowest BCUT2D eigenvalue weighted by Gasteiger charge is -2.29. The van der Waals surface area contributed by atoms with Gasteiger partial charge in [-0.05, 0) is 38.6 Å². The van der Waals surface area contributed by atoms with Crippen molar-refractivity contribution in [2.24, 2.45) is 4.99 Å². The number of nitrogens with zero attached hydrogens (tertiary/aromatic N) is 2. The first-order valence-electron chi connectivity index (χ1n) is 6.47. The van der Waals surface area contributed by atoms with Gasteiger partial charge in [-0.2, -0.15) is 0 Å². The SMILES string of the molecule is CCNC1N=C(C)C=CN1C(=O)c1cccc(C)c1. The van der Waals surface area contributed by atoms with Gasteiger partial charge in [-0.1, -0.05) is 24.6 Å². The van der Waals surface area contributed by atoms with Gasteiger partial charge in [0.1, 0.15) is 0 Å². The zero-order valence-electron chi connectivity index (χ0n) is 11.6. The lowest BCUT2D eigenvalue weighted by atomic mass is 10.1. The highest BCUT2D eigenvalue weighted by atomic mass is 16.2. The molecule has 19 heavy (non-hydrogen) atoms. The minimum Gasteiger partial charge on any atom is -0.279 e. The summed E-state index contributed by atoms with van der Waals surface area (Å²) in [5.74, 6) is -0.0397. The second-order valence-corrected chi connectivity index (χ2v) is 4.60. The van der Waals surface area contributed by atoms with Gasteiger partial charge in [-0.3, -0.25) is 15.0 Å². The Balaban J connectivity index is 2.25. The monoisotopic (exact) mass is 257 g/mol. The topological polar surface area (TPSA) is 44.7 Å². The number of hydrogen-bond acceptors (Lipinski definition) is 3.